The fourth-order valence-electron chi connectivity index (χ4n) is 2.04. The number of hydrogen-bond acceptors (Lipinski definition) is 6. The maximum Gasteiger partial charge on any atom is 0.190 e. The Morgan fingerprint density at radius 2 is 2.00 bits per heavy atom. The van der Waals surface area contributed by atoms with Crippen LogP contribution in [0.5, 0.6) is 0 Å². The molecule has 3 aromatic heterocycles. The van der Waals surface area contributed by atoms with Gasteiger partial charge in [0.05, 0.1) is 10.4 Å². The maximum absolute atomic E-state index is 13.7. The summed E-state index contributed by atoms with van der Waals surface area (Å²) in [7, 11) is 0. The van der Waals surface area contributed by atoms with Gasteiger partial charge in [0, 0.05) is 23.3 Å². The number of fused-ring (bicyclic) bond motifs is 1. The van der Waals surface area contributed by atoms with E-state index < -0.39 is 0 Å². The third-order valence-corrected chi connectivity index (χ3v) is 4.74. The van der Waals surface area contributed by atoms with Gasteiger partial charge in [-0.25, -0.2) is 14.4 Å². The van der Waals surface area contributed by atoms with Crippen LogP contribution < -0.4 is 5.32 Å². The van der Waals surface area contributed by atoms with E-state index in [2.05, 4.69) is 20.3 Å². The highest BCUT2D eigenvalue weighted by atomic mass is 32.1. The molecule has 4 aromatic rings. The highest BCUT2D eigenvalue weighted by Gasteiger charge is 2.10. The maximum atomic E-state index is 13.7. The first kappa shape index (κ1) is 13.3. The largest absolute Gasteiger partial charge is 0.307 e. The molecule has 0 aliphatic rings. The Bertz CT molecular complexity index is 933. The van der Waals surface area contributed by atoms with Crippen LogP contribution in [0.15, 0.2) is 48.1 Å². The monoisotopic (exact) mass is 328 g/mol. The van der Waals surface area contributed by atoms with Crippen LogP contribution in [0, 0.1) is 5.82 Å². The summed E-state index contributed by atoms with van der Waals surface area (Å²) < 4.78 is 14.5. The van der Waals surface area contributed by atoms with Crippen LogP contribution >= 0.6 is 22.7 Å². The van der Waals surface area contributed by atoms with Crippen LogP contribution in [0.2, 0.25) is 0 Å². The number of nitrogens with zero attached hydrogens (tertiary/aromatic N) is 3. The SMILES string of the molecule is Fc1cccc2sc(Nc3nc(-c4cccnc4)cs3)nc12. The Morgan fingerprint density at radius 3 is 2.82 bits per heavy atom. The quantitative estimate of drug-likeness (QED) is 0.592. The topological polar surface area (TPSA) is 50.7 Å². The number of hydrogen-bond donors (Lipinski definition) is 1. The van der Waals surface area contributed by atoms with Gasteiger partial charge in [0.2, 0.25) is 0 Å². The van der Waals surface area contributed by atoms with Crippen LogP contribution in [0.3, 0.4) is 0 Å². The van der Waals surface area contributed by atoms with Crippen molar-refractivity contribution in [1.29, 1.82) is 0 Å². The average molecular weight is 328 g/mol. The molecule has 0 amide bonds. The molecule has 0 saturated carbocycles. The molecule has 0 saturated heterocycles. The highest BCUT2D eigenvalue weighted by Crippen LogP contribution is 2.32. The molecule has 22 heavy (non-hydrogen) atoms. The molecular weight excluding hydrogens is 319 g/mol. The summed E-state index contributed by atoms with van der Waals surface area (Å²) in [6.45, 7) is 0. The molecule has 0 unspecified atom stereocenters. The number of para-hydroxylation sites is 1. The van der Waals surface area contributed by atoms with Crippen molar-refractivity contribution in [2.45, 2.75) is 0 Å². The Morgan fingerprint density at radius 1 is 1.05 bits per heavy atom. The van der Waals surface area contributed by atoms with Gasteiger partial charge in [0.15, 0.2) is 10.3 Å². The Hall–Kier alpha value is -2.38. The number of anilines is 2. The number of halogens is 1. The lowest BCUT2D eigenvalue weighted by Crippen LogP contribution is -1.88. The van der Waals surface area contributed by atoms with Gasteiger partial charge < -0.3 is 5.32 Å². The zero-order chi connectivity index (χ0) is 14.9. The summed E-state index contributed by atoms with van der Waals surface area (Å²) in [5.74, 6) is -0.308. The van der Waals surface area contributed by atoms with Crippen molar-refractivity contribution in [2.75, 3.05) is 5.32 Å². The van der Waals surface area contributed by atoms with Gasteiger partial charge in [-0.1, -0.05) is 17.4 Å². The Balaban J connectivity index is 1.63. The van der Waals surface area contributed by atoms with Crippen molar-refractivity contribution in [1.82, 2.24) is 15.0 Å². The first-order valence-electron chi connectivity index (χ1n) is 6.47. The molecule has 0 bridgehead atoms. The molecule has 0 radical (unpaired) electrons. The highest BCUT2D eigenvalue weighted by molar-refractivity contribution is 7.22. The molecule has 0 aliphatic heterocycles. The number of thiazole rings is 2. The molecule has 0 aliphatic carbocycles. The van der Waals surface area contributed by atoms with Crippen molar-refractivity contribution in [3.63, 3.8) is 0 Å². The predicted octanol–water partition coefficient (Wildman–Crippen LogP) is 4.70. The van der Waals surface area contributed by atoms with Gasteiger partial charge in [-0.05, 0) is 24.3 Å². The third-order valence-electron chi connectivity index (χ3n) is 3.05. The second kappa shape index (κ2) is 5.43. The van der Waals surface area contributed by atoms with Crippen LogP contribution in [0.4, 0.5) is 14.7 Å². The summed E-state index contributed by atoms with van der Waals surface area (Å²) in [6, 6.07) is 8.78. The van der Waals surface area contributed by atoms with Crippen LogP contribution in [-0.2, 0) is 0 Å². The number of benzene rings is 1. The third kappa shape index (κ3) is 2.44. The minimum absolute atomic E-state index is 0.308. The molecule has 1 aromatic carbocycles. The van der Waals surface area contributed by atoms with E-state index in [1.165, 1.54) is 28.7 Å². The molecule has 7 heteroatoms. The van der Waals surface area contributed by atoms with Gasteiger partial charge in [-0.2, -0.15) is 0 Å². The van der Waals surface area contributed by atoms with Crippen molar-refractivity contribution in [3.8, 4) is 11.3 Å². The van der Waals surface area contributed by atoms with Crippen molar-refractivity contribution in [3.05, 3.63) is 53.9 Å². The van der Waals surface area contributed by atoms with Gasteiger partial charge in [0.25, 0.3) is 0 Å². The van der Waals surface area contributed by atoms with Gasteiger partial charge >= 0.3 is 0 Å². The predicted molar refractivity (Wildman–Crippen MR) is 88.2 cm³/mol. The molecule has 0 spiro atoms. The van der Waals surface area contributed by atoms with E-state index in [4.69, 9.17) is 0 Å². The lowest BCUT2D eigenvalue weighted by atomic mass is 10.2. The summed E-state index contributed by atoms with van der Waals surface area (Å²) >= 11 is 2.88. The molecule has 4 nitrogen and oxygen atoms in total. The van der Waals surface area contributed by atoms with E-state index in [1.807, 2.05) is 23.6 Å². The number of aromatic nitrogens is 3. The molecule has 0 atom stereocenters. The first-order valence-corrected chi connectivity index (χ1v) is 8.17. The van der Waals surface area contributed by atoms with E-state index in [-0.39, 0.29) is 5.82 Å². The molecule has 108 valence electrons. The van der Waals surface area contributed by atoms with E-state index in [0.717, 1.165) is 21.1 Å². The summed E-state index contributed by atoms with van der Waals surface area (Å²) in [4.78, 5) is 12.9. The smallest absolute Gasteiger partial charge is 0.190 e. The van der Waals surface area contributed by atoms with E-state index in [0.29, 0.717) is 10.6 Å². The van der Waals surface area contributed by atoms with Crippen molar-refractivity contribution in [2.24, 2.45) is 0 Å². The van der Waals surface area contributed by atoms with Crippen molar-refractivity contribution >= 4 is 43.2 Å². The molecule has 0 fully saturated rings. The summed E-state index contributed by atoms with van der Waals surface area (Å²) in [5.41, 5.74) is 2.20. The second-order valence-electron chi connectivity index (χ2n) is 4.51. The first-order chi connectivity index (χ1) is 10.8. The number of pyridine rings is 1. The van der Waals surface area contributed by atoms with Crippen LogP contribution in [0.1, 0.15) is 0 Å². The lowest BCUT2D eigenvalue weighted by molar-refractivity contribution is 0.637. The summed E-state index contributed by atoms with van der Waals surface area (Å²) in [5, 5.41) is 6.44. The normalized spacial score (nSPS) is 11.0. The molecule has 4 rings (SSSR count). The number of rotatable bonds is 3. The van der Waals surface area contributed by atoms with Gasteiger partial charge in [-0.3, -0.25) is 4.98 Å². The fraction of sp³-hybridized carbons (Fsp3) is 0. The van der Waals surface area contributed by atoms with E-state index in [1.54, 1.807) is 18.5 Å². The fourth-order valence-corrected chi connectivity index (χ4v) is 3.70. The Kier molecular flexibility index (Phi) is 3.28. The summed E-state index contributed by atoms with van der Waals surface area (Å²) in [6.07, 6.45) is 3.50. The Labute approximate surface area is 133 Å². The zero-order valence-electron chi connectivity index (χ0n) is 11.2. The lowest BCUT2D eigenvalue weighted by Gasteiger charge is -1.96. The van der Waals surface area contributed by atoms with Crippen molar-refractivity contribution < 1.29 is 4.39 Å². The standard InChI is InChI=1S/C15H9FN4S2/c16-10-4-1-5-12-13(10)19-15(22-12)20-14-18-11(8-21-14)9-3-2-6-17-7-9/h1-8H,(H,18,19,20). The van der Waals surface area contributed by atoms with E-state index in [9.17, 15) is 4.39 Å². The van der Waals surface area contributed by atoms with E-state index >= 15 is 0 Å². The molecule has 1 N–H and O–H groups in total. The van der Waals surface area contributed by atoms with Crippen LogP contribution in [-0.4, -0.2) is 15.0 Å². The van der Waals surface area contributed by atoms with Crippen LogP contribution in [0.25, 0.3) is 21.5 Å². The average Bonchev–Trinajstić information content (AvgIpc) is 3.16. The van der Waals surface area contributed by atoms with Gasteiger partial charge in [-0.15, -0.1) is 11.3 Å². The van der Waals surface area contributed by atoms with Gasteiger partial charge in [0.1, 0.15) is 11.3 Å². The molecule has 3 heterocycles. The second-order valence-corrected chi connectivity index (χ2v) is 6.40. The minimum Gasteiger partial charge on any atom is -0.307 e. The minimum atomic E-state index is -0.308. The molecular formula is C15H9FN4S2. The zero-order valence-corrected chi connectivity index (χ0v) is 12.8. The number of nitrogens with one attached hydrogen (secondary N) is 1.